The van der Waals surface area contributed by atoms with Gasteiger partial charge in [-0.2, -0.15) is 5.26 Å². The Hall–Kier alpha value is -4.35. The van der Waals surface area contributed by atoms with Gasteiger partial charge in [-0.15, -0.1) is 0 Å². The number of esters is 1. The highest BCUT2D eigenvalue weighted by Crippen LogP contribution is 2.34. The number of halogens is 3. The Bertz CT molecular complexity index is 1510. The highest BCUT2D eigenvalue weighted by molar-refractivity contribution is 6.33. The van der Waals surface area contributed by atoms with Gasteiger partial charge in [-0.05, 0) is 35.9 Å². The number of hydrogen-bond donors (Lipinski definition) is 1. The van der Waals surface area contributed by atoms with Gasteiger partial charge in [0.05, 0.1) is 24.3 Å². The number of carbonyl (C=O) groups excluding carboxylic acids is 2. The molecule has 180 valence electrons. The van der Waals surface area contributed by atoms with Gasteiger partial charge in [-0.1, -0.05) is 41.9 Å². The zero-order valence-electron chi connectivity index (χ0n) is 18.9. The van der Waals surface area contributed by atoms with Crippen LogP contribution in [0.2, 0.25) is 5.02 Å². The van der Waals surface area contributed by atoms with Crippen molar-refractivity contribution in [3.05, 3.63) is 100 Å². The second kappa shape index (κ2) is 10.5. The van der Waals surface area contributed by atoms with Crippen molar-refractivity contribution in [2.45, 2.75) is 12.5 Å². The number of nitrogens with one attached hydrogen (secondary N) is 1. The first-order chi connectivity index (χ1) is 17.3. The molecule has 0 unspecified atom stereocenters. The van der Waals surface area contributed by atoms with Crippen LogP contribution in [0.25, 0.3) is 22.0 Å². The molecule has 0 aliphatic heterocycles. The summed E-state index contributed by atoms with van der Waals surface area (Å²) in [5.74, 6) is -3.95. The van der Waals surface area contributed by atoms with Crippen molar-refractivity contribution in [3.8, 4) is 17.2 Å². The van der Waals surface area contributed by atoms with E-state index in [4.69, 9.17) is 21.6 Å². The van der Waals surface area contributed by atoms with Crippen LogP contribution in [0.1, 0.15) is 21.5 Å². The lowest BCUT2D eigenvalue weighted by Crippen LogP contribution is -2.43. The molecule has 0 radical (unpaired) electrons. The summed E-state index contributed by atoms with van der Waals surface area (Å²) >= 11 is 6.42. The molecule has 4 rings (SSSR count). The van der Waals surface area contributed by atoms with Crippen molar-refractivity contribution in [1.29, 1.82) is 5.26 Å². The molecular formula is C27H18ClF2N3O3. The number of ether oxygens (including phenoxy) is 1. The number of methoxy groups -OCH3 is 1. The van der Waals surface area contributed by atoms with Crippen LogP contribution in [0.4, 0.5) is 8.78 Å². The number of nitriles is 1. The van der Waals surface area contributed by atoms with Crippen molar-refractivity contribution < 1.29 is 23.1 Å². The molecule has 36 heavy (non-hydrogen) atoms. The van der Waals surface area contributed by atoms with Crippen molar-refractivity contribution in [2.75, 3.05) is 7.11 Å². The Labute approximate surface area is 210 Å². The Morgan fingerprint density at radius 3 is 2.47 bits per heavy atom. The average molecular weight is 506 g/mol. The molecule has 0 aliphatic rings. The number of carbonyl (C=O) groups is 2. The SMILES string of the molecule is COC(=O)[C@H](Cc1ccc(-c2ccc(C#N)cc2Cl)c2ncccc12)NC(=O)c1c(F)cccc1F. The van der Waals surface area contributed by atoms with Crippen molar-refractivity contribution in [1.82, 2.24) is 10.3 Å². The highest BCUT2D eigenvalue weighted by atomic mass is 35.5. The first-order valence-corrected chi connectivity index (χ1v) is 11.1. The summed E-state index contributed by atoms with van der Waals surface area (Å²) in [6, 6.07) is 15.8. The molecule has 1 heterocycles. The number of fused-ring (bicyclic) bond motifs is 1. The summed E-state index contributed by atoms with van der Waals surface area (Å²) in [7, 11) is 1.15. The van der Waals surface area contributed by atoms with E-state index in [0.29, 0.717) is 38.2 Å². The highest BCUT2D eigenvalue weighted by Gasteiger charge is 2.27. The van der Waals surface area contributed by atoms with Crippen LogP contribution in [0, 0.1) is 23.0 Å². The number of rotatable bonds is 6. The normalized spacial score (nSPS) is 11.5. The number of amides is 1. The maximum absolute atomic E-state index is 14.1. The summed E-state index contributed by atoms with van der Waals surface area (Å²) in [6.45, 7) is 0. The predicted molar refractivity (Wildman–Crippen MR) is 130 cm³/mol. The molecule has 1 N–H and O–H groups in total. The Morgan fingerprint density at radius 1 is 1.08 bits per heavy atom. The fourth-order valence-corrected chi connectivity index (χ4v) is 4.21. The van der Waals surface area contributed by atoms with Gasteiger partial charge in [0, 0.05) is 34.2 Å². The van der Waals surface area contributed by atoms with Crippen LogP contribution in [0.5, 0.6) is 0 Å². The standard InChI is InChI=1S/C27H18ClF2N3O3/c1-36-27(35)23(33-26(34)24-21(29)5-2-6-22(24)30)13-16-8-10-19(25-17(16)4-3-11-32-25)18-9-7-15(14-31)12-20(18)28/h2-12,23H,13H2,1H3,(H,33,34)/t23-/m0/s1. The predicted octanol–water partition coefficient (Wildman–Crippen LogP) is 5.22. The summed E-state index contributed by atoms with van der Waals surface area (Å²) in [4.78, 5) is 29.6. The van der Waals surface area contributed by atoms with E-state index in [1.165, 1.54) is 0 Å². The van der Waals surface area contributed by atoms with Crippen LogP contribution in [-0.2, 0) is 16.0 Å². The van der Waals surface area contributed by atoms with Crippen LogP contribution < -0.4 is 5.32 Å². The first-order valence-electron chi connectivity index (χ1n) is 10.7. The zero-order valence-corrected chi connectivity index (χ0v) is 19.6. The maximum atomic E-state index is 14.1. The van der Waals surface area contributed by atoms with Gasteiger partial charge in [-0.3, -0.25) is 9.78 Å². The molecule has 1 atom stereocenters. The second-order valence-corrected chi connectivity index (χ2v) is 8.24. The van der Waals surface area contributed by atoms with Crippen LogP contribution in [-0.4, -0.2) is 30.0 Å². The average Bonchev–Trinajstić information content (AvgIpc) is 2.88. The number of aromatic nitrogens is 1. The minimum Gasteiger partial charge on any atom is -0.467 e. The third-order valence-electron chi connectivity index (χ3n) is 5.65. The van der Waals surface area contributed by atoms with E-state index in [9.17, 15) is 18.4 Å². The molecule has 4 aromatic rings. The fourth-order valence-electron chi connectivity index (χ4n) is 3.93. The molecule has 6 nitrogen and oxygen atoms in total. The third kappa shape index (κ3) is 4.88. The molecule has 0 bridgehead atoms. The first kappa shape index (κ1) is 24.8. The molecule has 0 saturated heterocycles. The molecule has 0 spiro atoms. The Balaban J connectivity index is 1.72. The van der Waals surface area contributed by atoms with Gasteiger partial charge in [0.25, 0.3) is 5.91 Å². The van der Waals surface area contributed by atoms with Gasteiger partial charge < -0.3 is 10.1 Å². The van der Waals surface area contributed by atoms with E-state index < -0.39 is 35.1 Å². The number of pyridine rings is 1. The minimum absolute atomic E-state index is 0.0297. The maximum Gasteiger partial charge on any atom is 0.328 e. The van der Waals surface area contributed by atoms with E-state index in [2.05, 4.69) is 10.3 Å². The Morgan fingerprint density at radius 2 is 1.81 bits per heavy atom. The van der Waals surface area contributed by atoms with E-state index in [0.717, 1.165) is 25.3 Å². The van der Waals surface area contributed by atoms with Gasteiger partial charge in [-0.25, -0.2) is 13.6 Å². The van der Waals surface area contributed by atoms with E-state index in [1.807, 2.05) is 6.07 Å². The molecule has 1 amide bonds. The largest absolute Gasteiger partial charge is 0.467 e. The van der Waals surface area contributed by atoms with Gasteiger partial charge in [0.1, 0.15) is 23.2 Å². The summed E-state index contributed by atoms with van der Waals surface area (Å²) in [5, 5.41) is 12.5. The molecule has 0 aliphatic carbocycles. The Kier molecular flexibility index (Phi) is 7.23. The van der Waals surface area contributed by atoms with Crippen LogP contribution in [0.3, 0.4) is 0 Å². The fraction of sp³-hybridized carbons (Fsp3) is 0.111. The molecule has 1 aromatic heterocycles. The lowest BCUT2D eigenvalue weighted by atomic mass is 9.94. The van der Waals surface area contributed by atoms with Crippen molar-refractivity contribution in [2.24, 2.45) is 0 Å². The van der Waals surface area contributed by atoms with E-state index >= 15 is 0 Å². The molecule has 0 saturated carbocycles. The van der Waals surface area contributed by atoms with Gasteiger partial charge in [0.2, 0.25) is 0 Å². The summed E-state index contributed by atoms with van der Waals surface area (Å²) < 4.78 is 33.0. The van der Waals surface area contributed by atoms with Crippen molar-refractivity contribution >= 4 is 34.4 Å². The molecule has 0 fully saturated rings. The monoisotopic (exact) mass is 505 g/mol. The van der Waals surface area contributed by atoms with E-state index in [1.54, 1.807) is 48.7 Å². The number of nitrogens with zero attached hydrogens (tertiary/aromatic N) is 2. The molecular weight excluding hydrogens is 488 g/mol. The smallest absolute Gasteiger partial charge is 0.328 e. The molecule has 3 aromatic carbocycles. The number of benzene rings is 3. The number of hydrogen-bond acceptors (Lipinski definition) is 5. The van der Waals surface area contributed by atoms with Crippen LogP contribution in [0.15, 0.2) is 66.9 Å². The van der Waals surface area contributed by atoms with Crippen LogP contribution >= 0.6 is 11.6 Å². The molecule has 9 heteroatoms. The zero-order chi connectivity index (χ0) is 25.8. The van der Waals surface area contributed by atoms with Crippen molar-refractivity contribution in [3.63, 3.8) is 0 Å². The topological polar surface area (TPSA) is 92.1 Å². The summed E-state index contributed by atoms with van der Waals surface area (Å²) in [5.41, 5.74) is 2.21. The van der Waals surface area contributed by atoms with Gasteiger partial charge >= 0.3 is 5.97 Å². The summed E-state index contributed by atoms with van der Waals surface area (Å²) in [6.07, 6.45) is 1.58. The lowest BCUT2D eigenvalue weighted by molar-refractivity contribution is -0.142. The minimum atomic E-state index is -1.23. The quantitative estimate of drug-likeness (QED) is 0.363. The second-order valence-electron chi connectivity index (χ2n) is 7.83. The van der Waals surface area contributed by atoms with Gasteiger partial charge in [0.15, 0.2) is 0 Å². The third-order valence-corrected chi connectivity index (χ3v) is 5.97. The van der Waals surface area contributed by atoms with E-state index in [-0.39, 0.29) is 6.42 Å². The lowest BCUT2D eigenvalue weighted by Gasteiger charge is -2.19.